The van der Waals surface area contributed by atoms with Gasteiger partial charge in [0.1, 0.15) is 10.5 Å². The van der Waals surface area contributed by atoms with Crippen molar-refractivity contribution in [2.45, 2.75) is 87.8 Å². The van der Waals surface area contributed by atoms with Crippen molar-refractivity contribution in [1.29, 1.82) is 0 Å². The summed E-state index contributed by atoms with van der Waals surface area (Å²) in [7, 11) is 0. The fraction of sp³-hybridized carbons (Fsp3) is 0.438. The molecule has 0 radical (unpaired) electrons. The van der Waals surface area contributed by atoms with Crippen LogP contribution in [0.2, 0.25) is 0 Å². The summed E-state index contributed by atoms with van der Waals surface area (Å²) in [6, 6.07) is 16.6. The lowest BCUT2D eigenvalue weighted by Gasteiger charge is -2.50. The molecule has 0 saturated carbocycles. The highest BCUT2D eigenvalue weighted by Gasteiger charge is 2.65. The van der Waals surface area contributed by atoms with Gasteiger partial charge in [-0.05, 0) is 31.0 Å². The van der Waals surface area contributed by atoms with Crippen molar-refractivity contribution >= 4 is 50.9 Å². The Labute approximate surface area is 244 Å². The molecule has 2 aliphatic heterocycles. The Hall–Kier alpha value is -2.65. The summed E-state index contributed by atoms with van der Waals surface area (Å²) in [6.07, 6.45) is 10.4. The number of para-hydroxylation sites is 2. The monoisotopic (exact) mass is 577 g/mol. The number of ketones is 1. The van der Waals surface area contributed by atoms with Gasteiger partial charge in [0.2, 0.25) is 5.52 Å². The number of rotatable bonds is 12. The standard InChI is InChI=1S/C32H36N2O4S2/c1-3-5-7-13-19-33-23-15-9-11-17-25(23)39-27(33)21-22-29(35)28(30(22)36)31-32(38-37-31)34(20-14-8-6-4-2)24-16-10-12-18-26(24)40-32/h9-12,15-18,21,31H,3-8,13-14,19-20H2,1-2H3/p+1. The number of thioether (sulfide) groups is 1. The van der Waals surface area contributed by atoms with Crippen LogP contribution in [0.1, 0.15) is 70.2 Å². The second kappa shape index (κ2) is 11.7. The van der Waals surface area contributed by atoms with Crippen LogP contribution in [0, 0.1) is 0 Å². The third-order valence-electron chi connectivity index (χ3n) is 8.02. The van der Waals surface area contributed by atoms with Crippen LogP contribution in [0.4, 0.5) is 5.69 Å². The van der Waals surface area contributed by atoms with E-state index in [1.807, 2.05) is 24.3 Å². The molecule has 2 atom stereocenters. The number of aryl methyl sites for hydroxylation is 1. The Balaban J connectivity index is 1.29. The number of carbonyl (C=O) groups is 1. The van der Waals surface area contributed by atoms with E-state index in [4.69, 9.17) is 9.78 Å². The summed E-state index contributed by atoms with van der Waals surface area (Å²) in [4.78, 5) is 28.4. The minimum absolute atomic E-state index is 0.0233. The molecule has 1 N–H and O–H groups in total. The van der Waals surface area contributed by atoms with Crippen LogP contribution < -0.4 is 9.47 Å². The maximum absolute atomic E-state index is 13.6. The lowest BCUT2D eigenvalue weighted by Crippen LogP contribution is -2.65. The molecule has 1 aromatic heterocycles. The summed E-state index contributed by atoms with van der Waals surface area (Å²) in [6.45, 7) is 6.11. The van der Waals surface area contributed by atoms with Crippen molar-refractivity contribution in [3.8, 4) is 0 Å². The molecule has 2 aromatic carbocycles. The third-order valence-corrected chi connectivity index (χ3v) is 10.5. The lowest BCUT2D eigenvalue weighted by atomic mass is 9.83. The molecule has 3 aliphatic rings. The lowest BCUT2D eigenvalue weighted by molar-refractivity contribution is -0.669. The van der Waals surface area contributed by atoms with Gasteiger partial charge in [-0.25, -0.2) is 4.89 Å². The number of hydrogen-bond donors (Lipinski definition) is 1. The maximum atomic E-state index is 13.6. The summed E-state index contributed by atoms with van der Waals surface area (Å²) in [5.74, 6) is -0.141. The van der Waals surface area contributed by atoms with Gasteiger partial charge < -0.3 is 10.0 Å². The number of carbonyl (C=O) groups excluding carboxylic acids is 1. The number of aliphatic hydroxyl groups is 1. The van der Waals surface area contributed by atoms with E-state index >= 15 is 0 Å². The van der Waals surface area contributed by atoms with Crippen LogP contribution in [0.25, 0.3) is 16.3 Å². The molecule has 210 valence electrons. The second-order valence-corrected chi connectivity index (χ2v) is 13.0. The summed E-state index contributed by atoms with van der Waals surface area (Å²) in [5, 5.41) is 11.4. The van der Waals surface area contributed by atoms with E-state index in [0.717, 1.165) is 47.9 Å². The number of Topliss-reactive ketones (excluding diaryl/α,β-unsaturated/α-hetero) is 1. The predicted octanol–water partition coefficient (Wildman–Crippen LogP) is 7.72. The molecular weight excluding hydrogens is 540 g/mol. The van der Waals surface area contributed by atoms with Crippen LogP contribution in [0.15, 0.2) is 70.3 Å². The Kier molecular flexibility index (Phi) is 8.04. The zero-order chi connectivity index (χ0) is 27.7. The smallest absolute Gasteiger partial charge is 0.263 e. The number of fused-ring (bicyclic) bond motifs is 2. The van der Waals surface area contributed by atoms with Crippen molar-refractivity contribution in [3.63, 3.8) is 0 Å². The molecule has 3 aromatic rings. The zero-order valence-corrected chi connectivity index (χ0v) is 24.9. The topological polar surface area (TPSA) is 62.9 Å². The Morgan fingerprint density at radius 3 is 2.50 bits per heavy atom. The van der Waals surface area contributed by atoms with Crippen LogP contribution in [0.3, 0.4) is 0 Å². The number of aromatic nitrogens is 1. The number of aliphatic hydroxyl groups excluding tert-OH is 1. The molecule has 2 unspecified atom stereocenters. The fourth-order valence-electron chi connectivity index (χ4n) is 5.82. The van der Waals surface area contributed by atoms with Gasteiger partial charge in [-0.1, -0.05) is 93.3 Å². The van der Waals surface area contributed by atoms with E-state index in [9.17, 15) is 9.90 Å². The van der Waals surface area contributed by atoms with Gasteiger partial charge in [-0.2, -0.15) is 9.45 Å². The van der Waals surface area contributed by atoms with Crippen LogP contribution in [-0.2, 0) is 21.1 Å². The molecule has 6 nitrogen and oxygen atoms in total. The molecule has 0 bridgehead atoms. The molecule has 40 heavy (non-hydrogen) atoms. The maximum Gasteiger partial charge on any atom is 0.263 e. The Morgan fingerprint density at radius 2 is 1.75 bits per heavy atom. The highest BCUT2D eigenvalue weighted by molar-refractivity contribution is 8.01. The average Bonchev–Trinajstić information content (AvgIpc) is 3.51. The van der Waals surface area contributed by atoms with Gasteiger partial charge in [0.25, 0.3) is 10.1 Å². The van der Waals surface area contributed by atoms with Gasteiger partial charge in [-0.3, -0.25) is 4.79 Å². The summed E-state index contributed by atoms with van der Waals surface area (Å²) in [5.41, 5.74) is 2.92. The van der Waals surface area contributed by atoms with Crippen molar-refractivity contribution in [3.05, 3.63) is 70.4 Å². The van der Waals surface area contributed by atoms with Crippen LogP contribution >= 0.6 is 23.1 Å². The Bertz CT molecular complexity index is 1480. The molecule has 6 rings (SSSR count). The SMILES string of the molecule is CCCCCCN1c2ccccc2SC12OOC2C1=C(O)/C(=C/c2sc3ccccc3[n+]2CCCCCC)C1=O. The first-order valence-electron chi connectivity index (χ1n) is 14.6. The van der Waals surface area contributed by atoms with Crippen LogP contribution in [0.5, 0.6) is 0 Å². The number of thiazole rings is 1. The molecule has 0 amide bonds. The number of unbranched alkanes of at least 4 members (excludes halogenated alkanes) is 6. The zero-order valence-electron chi connectivity index (χ0n) is 23.2. The number of benzene rings is 2. The molecule has 1 fully saturated rings. The van der Waals surface area contributed by atoms with Crippen LogP contribution in [-0.4, -0.2) is 28.6 Å². The minimum atomic E-state index is -0.878. The van der Waals surface area contributed by atoms with Crippen molar-refractivity contribution in [2.75, 3.05) is 11.4 Å². The van der Waals surface area contributed by atoms with E-state index in [-0.39, 0.29) is 11.5 Å². The number of allylic oxidation sites excluding steroid dienone is 1. The quantitative estimate of drug-likeness (QED) is 0.103. The largest absolute Gasteiger partial charge is 0.507 e. The van der Waals surface area contributed by atoms with Gasteiger partial charge in [-0.15, -0.1) is 0 Å². The number of hydrogen-bond acceptors (Lipinski definition) is 7. The molecule has 3 heterocycles. The van der Waals surface area contributed by atoms with E-state index in [2.05, 4.69) is 53.6 Å². The highest BCUT2D eigenvalue weighted by atomic mass is 32.2. The van der Waals surface area contributed by atoms with E-state index < -0.39 is 11.2 Å². The third kappa shape index (κ3) is 4.69. The van der Waals surface area contributed by atoms with Gasteiger partial charge >= 0.3 is 0 Å². The first kappa shape index (κ1) is 27.5. The molecule has 8 heteroatoms. The van der Waals surface area contributed by atoms with Gasteiger partial charge in [0.05, 0.1) is 16.8 Å². The number of nitrogens with zero attached hydrogens (tertiary/aromatic N) is 2. The fourth-order valence-corrected chi connectivity index (χ4v) is 8.33. The van der Waals surface area contributed by atoms with E-state index in [1.165, 1.54) is 42.3 Å². The van der Waals surface area contributed by atoms with Gasteiger partial charge in [0, 0.05) is 30.0 Å². The van der Waals surface area contributed by atoms with Gasteiger partial charge in [0.15, 0.2) is 18.4 Å². The van der Waals surface area contributed by atoms with Crippen molar-refractivity contribution in [2.24, 2.45) is 0 Å². The normalized spacial score (nSPS) is 22.9. The van der Waals surface area contributed by atoms with Crippen molar-refractivity contribution in [1.82, 2.24) is 0 Å². The average molecular weight is 578 g/mol. The minimum Gasteiger partial charge on any atom is -0.507 e. The first-order valence-corrected chi connectivity index (χ1v) is 16.2. The molecule has 1 spiro atoms. The predicted molar refractivity (Wildman–Crippen MR) is 161 cm³/mol. The Morgan fingerprint density at radius 1 is 1.00 bits per heavy atom. The number of anilines is 1. The molecule has 1 saturated heterocycles. The molecule has 1 aliphatic carbocycles. The highest BCUT2D eigenvalue weighted by Crippen LogP contribution is 2.60. The second-order valence-electron chi connectivity index (χ2n) is 10.7. The van der Waals surface area contributed by atoms with Crippen molar-refractivity contribution < 1.29 is 24.2 Å². The summed E-state index contributed by atoms with van der Waals surface area (Å²) >= 11 is 3.23. The molecular formula is C32H37N2O4S2+. The summed E-state index contributed by atoms with van der Waals surface area (Å²) < 4.78 is 3.46. The van der Waals surface area contributed by atoms with E-state index in [0.29, 0.717) is 11.1 Å². The first-order chi connectivity index (χ1) is 19.6. The van der Waals surface area contributed by atoms with E-state index in [1.54, 1.807) is 23.1 Å².